The molecule has 0 spiro atoms. The van der Waals surface area contributed by atoms with E-state index < -0.39 is 11.9 Å². The maximum Gasteiger partial charge on any atom is 0.321 e. The fourth-order valence-corrected chi connectivity index (χ4v) is 2.29. The van der Waals surface area contributed by atoms with E-state index in [2.05, 4.69) is 15.6 Å². The summed E-state index contributed by atoms with van der Waals surface area (Å²) in [6, 6.07) is 6.40. The van der Waals surface area contributed by atoms with Gasteiger partial charge in [0.05, 0.1) is 10.9 Å². The lowest BCUT2D eigenvalue weighted by Crippen LogP contribution is -2.43. The Balaban J connectivity index is 2.05. The molecule has 0 fully saturated rings. The molecule has 1 aromatic carbocycles. The number of rotatable bonds is 5. The Labute approximate surface area is 140 Å². The van der Waals surface area contributed by atoms with Gasteiger partial charge in [-0.15, -0.1) is 0 Å². The van der Waals surface area contributed by atoms with Gasteiger partial charge in [-0.1, -0.05) is 26.0 Å². The van der Waals surface area contributed by atoms with E-state index in [4.69, 9.17) is 0 Å². The summed E-state index contributed by atoms with van der Waals surface area (Å²) in [4.78, 5) is 40.4. The number of aromatic nitrogens is 2. The summed E-state index contributed by atoms with van der Waals surface area (Å²) in [6.07, 6.45) is 0.828. The van der Waals surface area contributed by atoms with Gasteiger partial charge in [0.15, 0.2) is 0 Å². The zero-order chi connectivity index (χ0) is 17.7. The van der Waals surface area contributed by atoms with Crippen LogP contribution in [0.5, 0.6) is 0 Å². The molecular weight excluding hydrogens is 308 g/mol. The van der Waals surface area contributed by atoms with Crippen LogP contribution in [0.25, 0.3) is 10.9 Å². The first kappa shape index (κ1) is 17.7. The first-order valence-corrected chi connectivity index (χ1v) is 7.92. The van der Waals surface area contributed by atoms with Crippen LogP contribution >= 0.6 is 0 Å². The Morgan fingerprint density at radius 1 is 1.25 bits per heavy atom. The largest absolute Gasteiger partial charge is 0.338 e. The number of carbonyl (C=O) groups is 2. The van der Waals surface area contributed by atoms with Gasteiger partial charge < -0.3 is 5.32 Å². The van der Waals surface area contributed by atoms with E-state index in [1.54, 1.807) is 31.2 Å². The van der Waals surface area contributed by atoms with Crippen molar-refractivity contribution in [2.75, 3.05) is 6.54 Å². The van der Waals surface area contributed by atoms with Gasteiger partial charge in [0, 0.05) is 6.54 Å². The van der Waals surface area contributed by atoms with Crippen molar-refractivity contribution in [3.63, 3.8) is 0 Å². The number of para-hydroxylation sites is 1. The fourth-order valence-electron chi connectivity index (χ4n) is 2.29. The molecule has 7 heteroatoms. The minimum atomic E-state index is -0.556. The van der Waals surface area contributed by atoms with Crippen LogP contribution in [0, 0.1) is 12.8 Å². The van der Waals surface area contributed by atoms with Crippen LogP contribution in [0.2, 0.25) is 0 Å². The highest BCUT2D eigenvalue weighted by Gasteiger charge is 2.13. The minimum absolute atomic E-state index is 0.250. The van der Waals surface area contributed by atoms with Crippen molar-refractivity contribution < 1.29 is 9.59 Å². The normalized spacial score (nSPS) is 10.8. The third kappa shape index (κ3) is 4.41. The Hall–Kier alpha value is -2.70. The maximum absolute atomic E-state index is 12.5. The van der Waals surface area contributed by atoms with Crippen molar-refractivity contribution in [1.82, 2.24) is 20.2 Å². The highest BCUT2D eigenvalue weighted by Crippen LogP contribution is 2.07. The van der Waals surface area contributed by atoms with Crippen LogP contribution in [0.3, 0.4) is 0 Å². The zero-order valence-corrected chi connectivity index (χ0v) is 14.1. The Kier molecular flexibility index (Phi) is 5.68. The molecule has 3 amide bonds. The molecule has 0 aliphatic carbocycles. The van der Waals surface area contributed by atoms with E-state index in [1.807, 2.05) is 13.8 Å². The van der Waals surface area contributed by atoms with Crippen molar-refractivity contribution in [3.05, 3.63) is 40.4 Å². The van der Waals surface area contributed by atoms with Crippen LogP contribution in [0.4, 0.5) is 4.79 Å². The molecule has 2 rings (SSSR count). The lowest BCUT2D eigenvalue weighted by atomic mass is 10.1. The molecule has 0 aliphatic rings. The number of benzene rings is 1. The molecule has 1 aromatic heterocycles. The third-order valence-corrected chi connectivity index (χ3v) is 3.61. The number of urea groups is 1. The summed E-state index contributed by atoms with van der Waals surface area (Å²) < 4.78 is 1.26. The fraction of sp³-hybridized carbons (Fsp3) is 0.412. The summed E-state index contributed by atoms with van der Waals surface area (Å²) in [7, 11) is 0. The minimum Gasteiger partial charge on any atom is -0.338 e. The molecule has 0 radical (unpaired) electrons. The monoisotopic (exact) mass is 330 g/mol. The predicted molar refractivity (Wildman–Crippen MR) is 91.7 cm³/mol. The molecule has 0 saturated carbocycles. The Morgan fingerprint density at radius 2 is 1.96 bits per heavy atom. The predicted octanol–water partition coefficient (Wildman–Crippen LogP) is 1.58. The number of nitrogens with one attached hydrogen (secondary N) is 2. The molecule has 2 N–H and O–H groups in total. The smallest absolute Gasteiger partial charge is 0.321 e. The van der Waals surface area contributed by atoms with Crippen molar-refractivity contribution in [2.45, 2.75) is 33.7 Å². The second-order valence-electron chi connectivity index (χ2n) is 6.05. The molecule has 7 nitrogen and oxygen atoms in total. The standard InChI is InChI=1S/C17H22N4O3/c1-11(2)8-9-18-17(24)20-15(22)10-21-12(3)19-14-7-5-4-6-13(14)16(21)23/h4-7,11H,8-10H2,1-3H3,(H2,18,20,22,24). The van der Waals surface area contributed by atoms with Gasteiger partial charge in [-0.05, 0) is 31.4 Å². The van der Waals surface area contributed by atoms with Gasteiger partial charge in [0.2, 0.25) is 5.91 Å². The highest BCUT2D eigenvalue weighted by molar-refractivity contribution is 5.94. The molecular formula is C17H22N4O3. The van der Waals surface area contributed by atoms with Crippen molar-refractivity contribution in [3.8, 4) is 0 Å². The first-order chi connectivity index (χ1) is 11.4. The number of hydrogen-bond donors (Lipinski definition) is 2. The van der Waals surface area contributed by atoms with E-state index in [0.717, 1.165) is 6.42 Å². The lowest BCUT2D eigenvalue weighted by Gasteiger charge is -2.11. The van der Waals surface area contributed by atoms with Gasteiger partial charge >= 0.3 is 6.03 Å². The highest BCUT2D eigenvalue weighted by atomic mass is 16.2. The summed E-state index contributed by atoms with van der Waals surface area (Å²) >= 11 is 0. The molecule has 2 aromatic rings. The Bertz CT molecular complexity index is 811. The molecule has 0 saturated heterocycles. The molecule has 0 bridgehead atoms. The van der Waals surface area contributed by atoms with Crippen molar-refractivity contribution in [1.29, 1.82) is 0 Å². The summed E-state index contributed by atoms with van der Waals surface area (Å²) in [5, 5.41) is 5.29. The molecule has 0 atom stereocenters. The molecule has 0 unspecified atom stereocenters. The molecule has 0 aliphatic heterocycles. The maximum atomic E-state index is 12.5. The third-order valence-electron chi connectivity index (χ3n) is 3.61. The SMILES string of the molecule is Cc1nc2ccccc2c(=O)n1CC(=O)NC(=O)NCCC(C)C. The molecule has 128 valence electrons. The number of hydrogen-bond acceptors (Lipinski definition) is 4. The average Bonchev–Trinajstić information content (AvgIpc) is 2.51. The summed E-state index contributed by atoms with van der Waals surface area (Å²) in [6.45, 7) is 6.00. The Morgan fingerprint density at radius 3 is 2.67 bits per heavy atom. The van der Waals surface area contributed by atoms with E-state index in [1.165, 1.54) is 4.57 Å². The van der Waals surface area contributed by atoms with Gasteiger partial charge in [0.1, 0.15) is 12.4 Å². The van der Waals surface area contributed by atoms with Gasteiger partial charge in [0.25, 0.3) is 5.56 Å². The van der Waals surface area contributed by atoms with Crippen LogP contribution in [0.1, 0.15) is 26.1 Å². The van der Waals surface area contributed by atoms with Gasteiger partial charge in [-0.2, -0.15) is 0 Å². The number of fused-ring (bicyclic) bond motifs is 1. The summed E-state index contributed by atoms with van der Waals surface area (Å²) in [5.41, 5.74) is 0.288. The van der Waals surface area contributed by atoms with Crippen LogP contribution < -0.4 is 16.2 Å². The van der Waals surface area contributed by atoms with E-state index in [0.29, 0.717) is 29.2 Å². The molecule has 24 heavy (non-hydrogen) atoms. The first-order valence-electron chi connectivity index (χ1n) is 7.92. The number of nitrogens with zero attached hydrogens (tertiary/aromatic N) is 2. The van der Waals surface area contributed by atoms with Crippen molar-refractivity contribution >= 4 is 22.8 Å². The van der Waals surface area contributed by atoms with Gasteiger partial charge in [-0.25, -0.2) is 9.78 Å². The van der Waals surface area contributed by atoms with Crippen molar-refractivity contribution in [2.24, 2.45) is 5.92 Å². The molecule has 1 heterocycles. The van der Waals surface area contributed by atoms with E-state index in [9.17, 15) is 14.4 Å². The number of carbonyl (C=O) groups excluding carboxylic acids is 2. The van der Waals surface area contributed by atoms with E-state index in [-0.39, 0.29) is 12.1 Å². The lowest BCUT2D eigenvalue weighted by molar-refractivity contribution is -0.120. The van der Waals surface area contributed by atoms with Crippen LogP contribution in [-0.4, -0.2) is 28.0 Å². The van der Waals surface area contributed by atoms with Crippen LogP contribution in [-0.2, 0) is 11.3 Å². The topological polar surface area (TPSA) is 93.1 Å². The van der Waals surface area contributed by atoms with E-state index >= 15 is 0 Å². The second kappa shape index (κ2) is 7.72. The number of aryl methyl sites for hydroxylation is 1. The zero-order valence-electron chi connectivity index (χ0n) is 14.1. The average molecular weight is 330 g/mol. The second-order valence-corrected chi connectivity index (χ2v) is 6.05. The van der Waals surface area contributed by atoms with Crippen LogP contribution in [0.15, 0.2) is 29.1 Å². The quantitative estimate of drug-likeness (QED) is 0.870. The summed E-state index contributed by atoms with van der Waals surface area (Å²) in [5.74, 6) is 0.333. The number of amides is 3. The van der Waals surface area contributed by atoms with Gasteiger partial charge in [-0.3, -0.25) is 19.5 Å². The number of imide groups is 1.